The Labute approximate surface area is 103 Å². The van der Waals surface area contributed by atoms with Gasteiger partial charge in [-0.15, -0.1) is 0 Å². The van der Waals surface area contributed by atoms with Crippen LogP contribution < -0.4 is 4.90 Å². The molecule has 0 aromatic heterocycles. The molecule has 1 aromatic rings. The molecule has 1 rings (SSSR count). The van der Waals surface area contributed by atoms with E-state index in [-0.39, 0.29) is 5.91 Å². The number of rotatable bonds is 6. The van der Waals surface area contributed by atoms with E-state index >= 15 is 0 Å². The molecule has 0 aliphatic heterocycles. The van der Waals surface area contributed by atoms with Crippen molar-refractivity contribution in [3.63, 3.8) is 0 Å². The van der Waals surface area contributed by atoms with Crippen LogP contribution >= 0.6 is 0 Å². The van der Waals surface area contributed by atoms with Crippen molar-refractivity contribution in [2.24, 2.45) is 0 Å². The summed E-state index contributed by atoms with van der Waals surface area (Å²) < 4.78 is 5.10. The van der Waals surface area contributed by atoms with Crippen LogP contribution in [-0.2, 0) is 9.53 Å². The summed E-state index contributed by atoms with van der Waals surface area (Å²) in [5.74, 6) is 0.0205. The molecule has 3 nitrogen and oxygen atoms in total. The van der Waals surface area contributed by atoms with Crippen molar-refractivity contribution in [1.29, 1.82) is 0 Å². The highest BCUT2D eigenvalue weighted by molar-refractivity contribution is 5.96. The Hall–Kier alpha value is -1.35. The number of amides is 1. The molecule has 1 amide bonds. The number of para-hydroxylation sites is 1. The molecule has 17 heavy (non-hydrogen) atoms. The number of ether oxygens (including phenoxy) is 1. The fourth-order valence-corrected chi connectivity index (χ4v) is 1.61. The minimum atomic E-state index is -0.396. The van der Waals surface area contributed by atoms with Gasteiger partial charge < -0.3 is 9.64 Å². The smallest absolute Gasteiger partial charge is 0.255 e. The summed E-state index contributed by atoms with van der Waals surface area (Å²) in [7, 11) is 1.56. The molecule has 0 heterocycles. The van der Waals surface area contributed by atoms with Gasteiger partial charge in [-0.05, 0) is 25.5 Å². The maximum absolute atomic E-state index is 12.2. The van der Waals surface area contributed by atoms with E-state index in [1.165, 1.54) is 0 Å². The number of unbranched alkanes of at least 4 members (excludes halogenated alkanes) is 1. The topological polar surface area (TPSA) is 29.5 Å². The third kappa shape index (κ3) is 3.86. The van der Waals surface area contributed by atoms with Crippen molar-refractivity contribution in [2.45, 2.75) is 32.8 Å². The van der Waals surface area contributed by atoms with E-state index in [4.69, 9.17) is 4.74 Å². The van der Waals surface area contributed by atoms with Gasteiger partial charge in [0.25, 0.3) is 5.91 Å². The molecule has 0 saturated carbocycles. The summed E-state index contributed by atoms with van der Waals surface area (Å²) in [6.07, 6.45) is 1.67. The molecule has 3 heteroatoms. The van der Waals surface area contributed by atoms with Crippen LogP contribution in [0.15, 0.2) is 30.3 Å². The van der Waals surface area contributed by atoms with Gasteiger partial charge in [-0.1, -0.05) is 31.5 Å². The monoisotopic (exact) mass is 235 g/mol. The van der Waals surface area contributed by atoms with E-state index in [1.807, 2.05) is 30.3 Å². The van der Waals surface area contributed by atoms with E-state index in [9.17, 15) is 4.79 Å². The number of methoxy groups -OCH3 is 1. The summed E-state index contributed by atoms with van der Waals surface area (Å²) in [5.41, 5.74) is 0.940. The molecule has 94 valence electrons. The zero-order chi connectivity index (χ0) is 12.7. The molecule has 0 aliphatic rings. The molecule has 1 aromatic carbocycles. The van der Waals surface area contributed by atoms with Gasteiger partial charge in [0.05, 0.1) is 0 Å². The van der Waals surface area contributed by atoms with Crippen molar-refractivity contribution in [3.8, 4) is 0 Å². The highest BCUT2D eigenvalue weighted by Crippen LogP contribution is 2.16. The molecular weight excluding hydrogens is 214 g/mol. The standard InChI is InChI=1S/C14H21NO2/c1-4-5-11-15(14(16)12(2)17-3)13-9-7-6-8-10-13/h6-10,12H,4-5,11H2,1-3H3. The van der Waals surface area contributed by atoms with Crippen LogP contribution in [0.5, 0.6) is 0 Å². The molecule has 0 fully saturated rings. The number of nitrogens with zero attached hydrogens (tertiary/aromatic N) is 1. The first-order valence-electron chi connectivity index (χ1n) is 6.10. The van der Waals surface area contributed by atoms with E-state index in [1.54, 1.807) is 18.9 Å². The molecule has 0 aliphatic carbocycles. The van der Waals surface area contributed by atoms with Crippen LogP contribution in [0, 0.1) is 0 Å². The van der Waals surface area contributed by atoms with Gasteiger partial charge in [-0.3, -0.25) is 4.79 Å². The first-order chi connectivity index (χ1) is 8.20. The van der Waals surface area contributed by atoms with Crippen LogP contribution in [0.4, 0.5) is 5.69 Å². The minimum Gasteiger partial charge on any atom is -0.372 e. The van der Waals surface area contributed by atoms with Crippen molar-refractivity contribution in [3.05, 3.63) is 30.3 Å². The predicted molar refractivity (Wildman–Crippen MR) is 70.2 cm³/mol. The van der Waals surface area contributed by atoms with E-state index in [0.29, 0.717) is 0 Å². The average Bonchev–Trinajstić information content (AvgIpc) is 2.39. The van der Waals surface area contributed by atoms with Gasteiger partial charge in [-0.25, -0.2) is 0 Å². The van der Waals surface area contributed by atoms with Crippen molar-refractivity contribution >= 4 is 11.6 Å². The molecule has 0 radical (unpaired) electrons. The first kappa shape index (κ1) is 13.7. The number of hydrogen-bond acceptors (Lipinski definition) is 2. The number of carbonyl (C=O) groups excluding carboxylic acids is 1. The molecule has 0 bridgehead atoms. The summed E-state index contributed by atoms with van der Waals surface area (Å²) in [5, 5.41) is 0. The van der Waals surface area contributed by atoms with E-state index in [0.717, 1.165) is 25.1 Å². The minimum absolute atomic E-state index is 0.0205. The number of carbonyl (C=O) groups is 1. The third-order valence-corrected chi connectivity index (χ3v) is 2.77. The maximum Gasteiger partial charge on any atom is 0.255 e. The molecule has 0 saturated heterocycles. The summed E-state index contributed by atoms with van der Waals surface area (Å²) in [6.45, 7) is 4.64. The lowest BCUT2D eigenvalue weighted by atomic mass is 10.2. The number of anilines is 1. The largest absolute Gasteiger partial charge is 0.372 e. The van der Waals surface area contributed by atoms with Crippen LogP contribution in [-0.4, -0.2) is 25.7 Å². The summed E-state index contributed by atoms with van der Waals surface area (Å²) >= 11 is 0. The summed E-state index contributed by atoms with van der Waals surface area (Å²) in [6, 6.07) is 9.75. The van der Waals surface area contributed by atoms with Crippen LogP contribution in [0.3, 0.4) is 0 Å². The lowest BCUT2D eigenvalue weighted by Gasteiger charge is -2.25. The normalized spacial score (nSPS) is 12.2. The number of benzene rings is 1. The Morgan fingerprint density at radius 2 is 2.00 bits per heavy atom. The van der Waals surface area contributed by atoms with E-state index < -0.39 is 6.10 Å². The third-order valence-electron chi connectivity index (χ3n) is 2.77. The van der Waals surface area contributed by atoms with Crippen LogP contribution in [0.25, 0.3) is 0 Å². The maximum atomic E-state index is 12.2. The second-order valence-corrected chi connectivity index (χ2v) is 4.06. The lowest BCUT2D eigenvalue weighted by Crippen LogP contribution is -2.39. The van der Waals surface area contributed by atoms with Crippen molar-refractivity contribution in [2.75, 3.05) is 18.6 Å². The van der Waals surface area contributed by atoms with Crippen LogP contribution in [0.1, 0.15) is 26.7 Å². The van der Waals surface area contributed by atoms with Gasteiger partial charge in [0, 0.05) is 19.3 Å². The van der Waals surface area contributed by atoms with Gasteiger partial charge in [0.15, 0.2) is 0 Å². The van der Waals surface area contributed by atoms with E-state index in [2.05, 4.69) is 6.92 Å². The second-order valence-electron chi connectivity index (χ2n) is 4.06. The highest BCUT2D eigenvalue weighted by Gasteiger charge is 2.20. The zero-order valence-electron chi connectivity index (χ0n) is 10.8. The number of hydrogen-bond donors (Lipinski definition) is 0. The quantitative estimate of drug-likeness (QED) is 0.758. The second kappa shape index (κ2) is 7.07. The first-order valence-corrected chi connectivity index (χ1v) is 6.10. The Balaban J connectivity index is 2.84. The molecular formula is C14H21NO2. The molecule has 1 unspecified atom stereocenters. The summed E-state index contributed by atoms with van der Waals surface area (Å²) in [4.78, 5) is 14.0. The lowest BCUT2D eigenvalue weighted by molar-refractivity contribution is -0.127. The average molecular weight is 235 g/mol. The Morgan fingerprint density at radius 1 is 1.35 bits per heavy atom. The van der Waals surface area contributed by atoms with Crippen LogP contribution in [0.2, 0.25) is 0 Å². The fourth-order valence-electron chi connectivity index (χ4n) is 1.61. The molecule has 1 atom stereocenters. The Morgan fingerprint density at radius 3 is 2.53 bits per heavy atom. The molecule has 0 spiro atoms. The van der Waals surface area contributed by atoms with Gasteiger partial charge >= 0.3 is 0 Å². The fraction of sp³-hybridized carbons (Fsp3) is 0.500. The highest BCUT2D eigenvalue weighted by atomic mass is 16.5. The predicted octanol–water partition coefficient (Wildman–Crippen LogP) is 2.85. The van der Waals surface area contributed by atoms with Crippen molar-refractivity contribution in [1.82, 2.24) is 0 Å². The molecule has 0 N–H and O–H groups in total. The van der Waals surface area contributed by atoms with Crippen molar-refractivity contribution < 1.29 is 9.53 Å². The SMILES string of the molecule is CCCCN(C(=O)C(C)OC)c1ccccc1. The van der Waals surface area contributed by atoms with Gasteiger partial charge in [0.1, 0.15) is 6.10 Å². The van der Waals surface area contributed by atoms with Gasteiger partial charge in [0.2, 0.25) is 0 Å². The zero-order valence-corrected chi connectivity index (χ0v) is 10.8. The Bertz CT molecular complexity index is 337. The van der Waals surface area contributed by atoms with Gasteiger partial charge in [-0.2, -0.15) is 0 Å². The Kier molecular flexibility index (Phi) is 5.70.